The maximum Gasteiger partial charge on any atom is 0.270 e. The van der Waals surface area contributed by atoms with E-state index >= 15 is 0 Å². The number of carbonyl (C=O) groups is 1. The van der Waals surface area contributed by atoms with Crippen LogP contribution in [0.4, 0.5) is 10.2 Å². The van der Waals surface area contributed by atoms with Gasteiger partial charge in [-0.05, 0) is 18.9 Å². The number of hydrogen-bond donors (Lipinski definition) is 1. The van der Waals surface area contributed by atoms with Crippen molar-refractivity contribution in [2.45, 2.75) is 18.9 Å². The molecule has 8 heteroatoms. The third-order valence-corrected chi connectivity index (χ3v) is 3.59. The summed E-state index contributed by atoms with van der Waals surface area (Å²) in [6.45, 7) is 1.26. The highest BCUT2D eigenvalue weighted by molar-refractivity contribution is 5.92. The lowest BCUT2D eigenvalue weighted by molar-refractivity contribution is 0.0925. The number of hydrogen-bond acceptors (Lipinski definition) is 6. The standard InChI is InChI=1S/C14H15FN6O/c15-11-7-17-9-19-13(11)21-5-2-10(3-6-21)20-14(22)12-1-4-16-8-18-12/h1,4,7-10H,2-3,5-6H2,(H,20,22). The van der Waals surface area contributed by atoms with Crippen molar-refractivity contribution in [3.05, 3.63) is 42.6 Å². The van der Waals surface area contributed by atoms with Gasteiger partial charge in [-0.25, -0.2) is 24.3 Å². The number of anilines is 1. The third kappa shape index (κ3) is 3.16. The van der Waals surface area contributed by atoms with E-state index in [1.54, 1.807) is 6.07 Å². The molecule has 1 amide bonds. The van der Waals surface area contributed by atoms with E-state index in [1.807, 2.05) is 4.90 Å². The molecule has 0 spiro atoms. The van der Waals surface area contributed by atoms with Crippen LogP contribution in [0.15, 0.2) is 31.1 Å². The number of nitrogens with one attached hydrogen (secondary N) is 1. The first-order valence-electron chi connectivity index (χ1n) is 7.01. The van der Waals surface area contributed by atoms with Crippen molar-refractivity contribution in [2.75, 3.05) is 18.0 Å². The molecule has 0 atom stereocenters. The Hall–Kier alpha value is -2.64. The van der Waals surface area contributed by atoms with Gasteiger partial charge in [0, 0.05) is 25.3 Å². The van der Waals surface area contributed by atoms with Gasteiger partial charge in [-0.2, -0.15) is 0 Å². The minimum absolute atomic E-state index is 0.0450. The van der Waals surface area contributed by atoms with Crippen molar-refractivity contribution in [3.8, 4) is 0 Å². The van der Waals surface area contributed by atoms with Crippen LogP contribution in [0, 0.1) is 5.82 Å². The minimum Gasteiger partial charge on any atom is -0.354 e. The molecule has 1 N–H and O–H groups in total. The van der Waals surface area contributed by atoms with Crippen LogP contribution in [-0.4, -0.2) is 45.0 Å². The molecule has 1 aliphatic heterocycles. The van der Waals surface area contributed by atoms with Crippen LogP contribution in [-0.2, 0) is 0 Å². The summed E-state index contributed by atoms with van der Waals surface area (Å²) in [5, 5.41) is 2.94. The monoisotopic (exact) mass is 302 g/mol. The molecule has 0 unspecified atom stereocenters. The third-order valence-electron chi connectivity index (χ3n) is 3.59. The first-order valence-corrected chi connectivity index (χ1v) is 7.01. The number of carbonyl (C=O) groups excluding carboxylic acids is 1. The van der Waals surface area contributed by atoms with E-state index < -0.39 is 5.82 Å². The Labute approximate surface area is 126 Å². The Morgan fingerprint density at radius 1 is 1.23 bits per heavy atom. The number of amides is 1. The van der Waals surface area contributed by atoms with Crippen molar-refractivity contribution in [1.82, 2.24) is 25.3 Å². The topological polar surface area (TPSA) is 83.9 Å². The first-order chi connectivity index (χ1) is 10.7. The molecular weight excluding hydrogens is 287 g/mol. The van der Waals surface area contributed by atoms with E-state index in [9.17, 15) is 9.18 Å². The summed E-state index contributed by atoms with van der Waals surface area (Å²) < 4.78 is 13.7. The van der Waals surface area contributed by atoms with Gasteiger partial charge in [0.2, 0.25) is 0 Å². The summed E-state index contributed by atoms with van der Waals surface area (Å²) in [6, 6.07) is 1.62. The normalized spacial score (nSPS) is 15.6. The van der Waals surface area contributed by atoms with Crippen molar-refractivity contribution in [1.29, 1.82) is 0 Å². The van der Waals surface area contributed by atoms with Gasteiger partial charge >= 0.3 is 0 Å². The molecular formula is C14H15FN6O. The number of aromatic nitrogens is 4. The Balaban J connectivity index is 1.56. The van der Waals surface area contributed by atoms with Gasteiger partial charge in [0.15, 0.2) is 11.6 Å². The maximum atomic E-state index is 13.7. The summed E-state index contributed by atoms with van der Waals surface area (Å²) in [4.78, 5) is 29.2. The Morgan fingerprint density at radius 2 is 2.00 bits per heavy atom. The average molecular weight is 302 g/mol. The van der Waals surface area contributed by atoms with E-state index in [1.165, 1.54) is 18.9 Å². The minimum atomic E-state index is -0.425. The second-order valence-corrected chi connectivity index (χ2v) is 5.02. The first kappa shape index (κ1) is 14.3. The molecule has 0 aromatic carbocycles. The lowest BCUT2D eigenvalue weighted by Crippen LogP contribution is -2.45. The molecule has 1 saturated heterocycles. The molecule has 22 heavy (non-hydrogen) atoms. The van der Waals surface area contributed by atoms with Crippen molar-refractivity contribution in [2.24, 2.45) is 0 Å². The molecule has 7 nitrogen and oxygen atoms in total. The largest absolute Gasteiger partial charge is 0.354 e. The fourth-order valence-corrected chi connectivity index (χ4v) is 2.46. The lowest BCUT2D eigenvalue weighted by atomic mass is 10.0. The van der Waals surface area contributed by atoms with Crippen LogP contribution >= 0.6 is 0 Å². The number of nitrogens with zero attached hydrogens (tertiary/aromatic N) is 5. The van der Waals surface area contributed by atoms with Crippen LogP contribution in [0.2, 0.25) is 0 Å². The molecule has 3 rings (SSSR count). The summed E-state index contributed by atoms with van der Waals surface area (Å²) in [5.74, 6) is -0.324. The van der Waals surface area contributed by atoms with Gasteiger partial charge in [0.1, 0.15) is 18.3 Å². The lowest BCUT2D eigenvalue weighted by Gasteiger charge is -2.33. The Kier molecular flexibility index (Phi) is 4.17. The molecule has 0 aliphatic carbocycles. The fourth-order valence-electron chi connectivity index (χ4n) is 2.46. The predicted octanol–water partition coefficient (Wildman–Crippen LogP) is 0.804. The molecule has 114 valence electrons. The number of rotatable bonds is 3. The molecule has 0 saturated carbocycles. The second kappa shape index (κ2) is 6.42. The van der Waals surface area contributed by atoms with Crippen molar-refractivity contribution >= 4 is 11.7 Å². The van der Waals surface area contributed by atoms with Gasteiger partial charge in [-0.1, -0.05) is 0 Å². The molecule has 2 aromatic rings. The van der Waals surface area contributed by atoms with E-state index in [0.717, 1.165) is 19.0 Å². The van der Waals surface area contributed by atoms with Gasteiger partial charge in [0.25, 0.3) is 5.91 Å². The van der Waals surface area contributed by atoms with Gasteiger partial charge in [-0.3, -0.25) is 4.79 Å². The predicted molar refractivity (Wildman–Crippen MR) is 76.7 cm³/mol. The van der Waals surface area contributed by atoms with E-state index in [4.69, 9.17) is 0 Å². The highest BCUT2D eigenvalue weighted by Gasteiger charge is 2.23. The Morgan fingerprint density at radius 3 is 2.68 bits per heavy atom. The molecule has 1 aliphatic rings. The van der Waals surface area contributed by atoms with Gasteiger partial charge < -0.3 is 10.2 Å². The zero-order valence-corrected chi connectivity index (χ0v) is 11.8. The van der Waals surface area contributed by atoms with Crippen LogP contribution in [0.25, 0.3) is 0 Å². The van der Waals surface area contributed by atoms with Gasteiger partial charge in [-0.15, -0.1) is 0 Å². The molecule has 0 bridgehead atoms. The average Bonchev–Trinajstić information content (AvgIpc) is 2.57. The van der Waals surface area contributed by atoms with Crippen molar-refractivity contribution < 1.29 is 9.18 Å². The highest BCUT2D eigenvalue weighted by atomic mass is 19.1. The zero-order valence-electron chi connectivity index (χ0n) is 11.8. The van der Waals surface area contributed by atoms with Crippen molar-refractivity contribution in [3.63, 3.8) is 0 Å². The molecule has 1 fully saturated rings. The van der Waals surface area contributed by atoms with Crippen LogP contribution < -0.4 is 10.2 Å². The second-order valence-electron chi connectivity index (χ2n) is 5.02. The summed E-state index contributed by atoms with van der Waals surface area (Å²) in [5.41, 5.74) is 0.347. The quantitative estimate of drug-likeness (QED) is 0.903. The van der Waals surface area contributed by atoms with Crippen LogP contribution in [0.1, 0.15) is 23.3 Å². The van der Waals surface area contributed by atoms with E-state index in [0.29, 0.717) is 24.6 Å². The number of halogens is 1. The van der Waals surface area contributed by atoms with Crippen LogP contribution in [0.3, 0.4) is 0 Å². The van der Waals surface area contributed by atoms with Crippen LogP contribution in [0.5, 0.6) is 0 Å². The fraction of sp³-hybridized carbons (Fsp3) is 0.357. The summed E-state index contributed by atoms with van der Waals surface area (Å²) in [6.07, 6.45) is 6.81. The Bertz CT molecular complexity index is 645. The molecule has 0 radical (unpaired) electrons. The highest BCUT2D eigenvalue weighted by Crippen LogP contribution is 2.20. The smallest absolute Gasteiger partial charge is 0.270 e. The molecule has 3 heterocycles. The SMILES string of the molecule is O=C(NC1CCN(c2ncncc2F)CC1)c1ccncn1. The zero-order chi connectivity index (χ0) is 15.4. The van der Waals surface area contributed by atoms with Gasteiger partial charge in [0.05, 0.1) is 6.20 Å². The summed E-state index contributed by atoms with van der Waals surface area (Å²) in [7, 11) is 0. The van der Waals surface area contributed by atoms with E-state index in [-0.39, 0.29) is 11.9 Å². The summed E-state index contributed by atoms with van der Waals surface area (Å²) >= 11 is 0. The number of piperidine rings is 1. The molecule has 2 aromatic heterocycles. The van der Waals surface area contributed by atoms with E-state index in [2.05, 4.69) is 25.3 Å². The maximum absolute atomic E-state index is 13.7.